The Kier molecular flexibility index (Phi) is 3.91. The molecule has 1 aliphatic heterocycles. The van der Waals surface area contributed by atoms with Gasteiger partial charge in [0.2, 0.25) is 11.3 Å². The zero-order valence-corrected chi connectivity index (χ0v) is 7.71. The fourth-order valence-corrected chi connectivity index (χ4v) is 0.753. The van der Waals surface area contributed by atoms with Crippen LogP contribution >= 0.6 is 0 Å². The van der Waals surface area contributed by atoms with E-state index in [1.165, 1.54) is 24.4 Å². The molecule has 1 N–H and O–H groups in total. The molecule has 5 nitrogen and oxygen atoms in total. The van der Waals surface area contributed by atoms with Gasteiger partial charge < -0.3 is 4.98 Å². The number of nitrogens with zero attached hydrogens (tertiary/aromatic N) is 1. The Bertz CT molecular complexity index is 432. The number of H-pyrrole nitrogens is 1. The van der Waals surface area contributed by atoms with Gasteiger partial charge in [-0.1, -0.05) is 6.07 Å². The van der Waals surface area contributed by atoms with Crippen molar-refractivity contribution in [3.05, 3.63) is 46.9 Å². The first kappa shape index (κ1) is 10.8. The number of aliphatic imine (C=N–C) groups is 1. The van der Waals surface area contributed by atoms with E-state index in [1.807, 2.05) is 0 Å². The molecule has 0 bridgehead atoms. The molecule has 76 valence electrons. The summed E-state index contributed by atoms with van der Waals surface area (Å²) in [4.78, 5) is 36.3. The monoisotopic (exact) mass is 204 g/mol. The number of dihydropyridines is 1. The molecule has 2 heterocycles. The van der Waals surface area contributed by atoms with Crippen LogP contribution in [-0.4, -0.2) is 22.9 Å². The smallest absolute Gasteiger partial charge is 0.317 e. The summed E-state index contributed by atoms with van der Waals surface area (Å²) in [6.45, 7) is 0. The number of allylic oxidation sites excluding steroid dienone is 1. The van der Waals surface area contributed by atoms with Crippen LogP contribution in [0.25, 0.3) is 0 Å². The maximum atomic E-state index is 10.2. The second-order valence-electron chi connectivity index (χ2n) is 2.53. The third kappa shape index (κ3) is 3.95. The molecule has 1 aromatic rings. The molecular formula is C10H8N2O3. The predicted molar refractivity (Wildman–Crippen MR) is 54.7 cm³/mol. The van der Waals surface area contributed by atoms with Crippen LogP contribution in [0.3, 0.4) is 0 Å². The number of rotatable bonds is 0. The van der Waals surface area contributed by atoms with E-state index in [4.69, 9.17) is 0 Å². The number of hydrogen-bond acceptors (Lipinski definition) is 3. The van der Waals surface area contributed by atoms with Gasteiger partial charge in [0, 0.05) is 18.5 Å². The lowest BCUT2D eigenvalue weighted by Crippen LogP contribution is -2.10. The van der Waals surface area contributed by atoms with E-state index in [1.54, 1.807) is 18.3 Å². The number of carbonyl (C=O) groups excluding carboxylic acids is 2. The Morgan fingerprint density at radius 1 is 1.13 bits per heavy atom. The standard InChI is InChI=1S/C5H3NO2.C5H5NO/c7-4-2-1-3-6-5(4)8;7-5-3-1-2-4-6-5/h1-3H;1-4H,(H,6,7). The van der Waals surface area contributed by atoms with Crippen LogP contribution in [0.5, 0.6) is 0 Å². The fraction of sp³-hybridized carbons (Fsp3) is 0. The Labute approximate surface area is 85.2 Å². The van der Waals surface area contributed by atoms with Crippen molar-refractivity contribution >= 4 is 17.9 Å². The normalized spacial score (nSPS) is 13.3. The van der Waals surface area contributed by atoms with Crippen molar-refractivity contribution in [2.45, 2.75) is 0 Å². The summed E-state index contributed by atoms with van der Waals surface area (Å²) in [5, 5.41) is 0. The number of aromatic amines is 1. The number of nitrogens with one attached hydrogen (secondary N) is 1. The van der Waals surface area contributed by atoms with Gasteiger partial charge in [0.25, 0.3) is 0 Å². The van der Waals surface area contributed by atoms with E-state index in [9.17, 15) is 14.4 Å². The summed E-state index contributed by atoms with van der Waals surface area (Å²) in [6, 6.07) is 4.93. The van der Waals surface area contributed by atoms with Crippen LogP contribution in [0.4, 0.5) is 0 Å². The maximum absolute atomic E-state index is 10.2. The molecule has 0 saturated heterocycles. The molecule has 0 atom stereocenters. The third-order valence-corrected chi connectivity index (χ3v) is 1.42. The fourth-order valence-electron chi connectivity index (χ4n) is 0.753. The number of carbonyl (C=O) groups is 2. The van der Waals surface area contributed by atoms with Crippen LogP contribution in [0.2, 0.25) is 0 Å². The quantitative estimate of drug-likeness (QED) is 0.608. The van der Waals surface area contributed by atoms with Gasteiger partial charge in [-0.05, 0) is 18.2 Å². The average molecular weight is 204 g/mol. The Hall–Kier alpha value is -2.30. The van der Waals surface area contributed by atoms with Gasteiger partial charge in [-0.3, -0.25) is 14.4 Å². The topological polar surface area (TPSA) is 79.4 Å². The van der Waals surface area contributed by atoms with Crippen molar-refractivity contribution in [3.63, 3.8) is 0 Å². The van der Waals surface area contributed by atoms with E-state index >= 15 is 0 Å². The van der Waals surface area contributed by atoms with Crippen molar-refractivity contribution < 1.29 is 9.59 Å². The zero-order valence-electron chi connectivity index (χ0n) is 7.71. The minimum atomic E-state index is -0.687. The number of amides is 1. The van der Waals surface area contributed by atoms with Crippen molar-refractivity contribution in [2.75, 3.05) is 0 Å². The van der Waals surface area contributed by atoms with Gasteiger partial charge in [-0.25, -0.2) is 4.99 Å². The lowest BCUT2D eigenvalue weighted by Gasteiger charge is -1.87. The van der Waals surface area contributed by atoms with E-state index in [-0.39, 0.29) is 5.56 Å². The predicted octanol–water partition coefficient (Wildman–Crippen LogP) is 0.0976. The van der Waals surface area contributed by atoms with Gasteiger partial charge in [-0.2, -0.15) is 0 Å². The zero-order chi connectivity index (χ0) is 11.1. The highest BCUT2D eigenvalue weighted by Crippen LogP contribution is 1.86. The van der Waals surface area contributed by atoms with Crippen LogP contribution in [0.15, 0.2) is 46.3 Å². The summed E-state index contributed by atoms with van der Waals surface area (Å²) in [7, 11) is 0. The Balaban J connectivity index is 0.000000151. The molecule has 0 aliphatic carbocycles. The van der Waals surface area contributed by atoms with Gasteiger partial charge in [-0.15, -0.1) is 0 Å². The third-order valence-electron chi connectivity index (χ3n) is 1.42. The van der Waals surface area contributed by atoms with Crippen LogP contribution in [0.1, 0.15) is 0 Å². The van der Waals surface area contributed by atoms with Crippen LogP contribution < -0.4 is 5.56 Å². The SMILES string of the molecule is O=C1C=CC=NC1=O.O=c1cccc[nH]1. The maximum Gasteiger partial charge on any atom is 0.317 e. The molecule has 2 rings (SSSR count). The van der Waals surface area contributed by atoms with Crippen molar-refractivity contribution in [2.24, 2.45) is 4.99 Å². The van der Waals surface area contributed by atoms with Gasteiger partial charge in [0.05, 0.1) is 0 Å². The number of ketones is 1. The highest BCUT2D eigenvalue weighted by Gasteiger charge is 2.08. The molecule has 5 heteroatoms. The molecule has 0 unspecified atom stereocenters. The van der Waals surface area contributed by atoms with E-state index < -0.39 is 11.7 Å². The lowest BCUT2D eigenvalue weighted by atomic mass is 10.3. The largest absolute Gasteiger partial charge is 0.329 e. The molecule has 1 aromatic heterocycles. The number of hydrogen-bond donors (Lipinski definition) is 1. The molecule has 1 amide bonds. The molecule has 0 spiro atoms. The number of pyridine rings is 1. The summed E-state index contributed by atoms with van der Waals surface area (Å²) in [5.41, 5.74) is -0.0532. The highest BCUT2D eigenvalue weighted by molar-refractivity contribution is 6.43. The molecule has 0 radical (unpaired) electrons. The highest BCUT2D eigenvalue weighted by atomic mass is 16.2. The van der Waals surface area contributed by atoms with Gasteiger partial charge >= 0.3 is 5.91 Å². The first-order valence-electron chi connectivity index (χ1n) is 4.13. The summed E-state index contributed by atoms with van der Waals surface area (Å²) < 4.78 is 0. The van der Waals surface area contributed by atoms with Crippen LogP contribution in [0, 0.1) is 0 Å². The van der Waals surface area contributed by atoms with E-state index in [0.29, 0.717) is 0 Å². The van der Waals surface area contributed by atoms with Gasteiger partial charge in [0.1, 0.15) is 0 Å². The minimum Gasteiger partial charge on any atom is -0.329 e. The van der Waals surface area contributed by atoms with Crippen molar-refractivity contribution in [1.29, 1.82) is 0 Å². The molecule has 0 saturated carbocycles. The second-order valence-corrected chi connectivity index (χ2v) is 2.53. The van der Waals surface area contributed by atoms with Crippen molar-refractivity contribution in [1.82, 2.24) is 4.98 Å². The molecule has 1 aliphatic rings. The lowest BCUT2D eigenvalue weighted by molar-refractivity contribution is -0.133. The van der Waals surface area contributed by atoms with E-state index in [0.717, 1.165) is 0 Å². The van der Waals surface area contributed by atoms with Crippen LogP contribution in [-0.2, 0) is 9.59 Å². The summed E-state index contributed by atoms with van der Waals surface area (Å²) in [6.07, 6.45) is 5.52. The first-order valence-corrected chi connectivity index (χ1v) is 4.13. The molecule has 0 aromatic carbocycles. The van der Waals surface area contributed by atoms with Gasteiger partial charge in [0.15, 0.2) is 0 Å². The number of aromatic nitrogens is 1. The average Bonchev–Trinajstić information content (AvgIpc) is 2.25. The second kappa shape index (κ2) is 5.43. The molecule has 0 fully saturated rings. The summed E-state index contributed by atoms with van der Waals surface area (Å²) in [5.74, 6) is -1.24. The Morgan fingerprint density at radius 2 is 1.93 bits per heavy atom. The minimum absolute atomic E-state index is 0.0532. The molecular weight excluding hydrogens is 196 g/mol. The summed E-state index contributed by atoms with van der Waals surface area (Å²) >= 11 is 0. The van der Waals surface area contributed by atoms with E-state index in [2.05, 4.69) is 9.98 Å². The first-order chi connectivity index (χ1) is 7.20. The van der Waals surface area contributed by atoms with Crippen molar-refractivity contribution in [3.8, 4) is 0 Å². The molecule has 15 heavy (non-hydrogen) atoms. The Morgan fingerprint density at radius 3 is 2.27 bits per heavy atom.